The van der Waals surface area contributed by atoms with E-state index in [9.17, 15) is 58.1 Å². The van der Waals surface area contributed by atoms with Gasteiger partial charge in [0.15, 0.2) is 18.4 Å². The van der Waals surface area contributed by atoms with Crippen molar-refractivity contribution in [2.24, 2.45) is 0 Å². The molecule has 0 aromatic heterocycles. The van der Waals surface area contributed by atoms with Crippen LogP contribution in [0.4, 0.5) is 0 Å². The van der Waals surface area contributed by atoms with E-state index in [1.165, 1.54) is 64.6 Å². The molecule has 0 unspecified atom stereocenters. The zero-order valence-corrected chi connectivity index (χ0v) is 63.8. The van der Waals surface area contributed by atoms with Gasteiger partial charge in [0, 0.05) is 19.3 Å². The van der Waals surface area contributed by atoms with Gasteiger partial charge in [0.05, 0.1) is 32.5 Å². The van der Waals surface area contributed by atoms with Crippen molar-refractivity contribution in [3.05, 3.63) is 0 Å². The quantitative estimate of drug-likeness (QED) is 0.0143. The summed E-state index contributed by atoms with van der Waals surface area (Å²) in [6.07, 6.45) is 24.1. The Hall–Kier alpha value is -3.76. The summed E-state index contributed by atoms with van der Waals surface area (Å²) in [7, 11) is -5.54. The summed E-state index contributed by atoms with van der Waals surface area (Å²) in [5, 5.41) is 26.5. The predicted octanol–water partition coefficient (Wildman–Crippen LogP) is 15.9. The van der Waals surface area contributed by atoms with Gasteiger partial charge in [-0.05, 0) is 77.4 Å². The topological polar surface area (TPSA) is 309 Å². The number of nitrogens with one attached hydrogen (secondary N) is 2. The molecule has 0 spiro atoms. The van der Waals surface area contributed by atoms with Gasteiger partial charge in [-0.15, -0.1) is 0 Å². The molecule has 98 heavy (non-hydrogen) atoms. The van der Waals surface area contributed by atoms with Crippen molar-refractivity contribution >= 4 is 49.5 Å². The van der Waals surface area contributed by atoms with E-state index < -0.39 is 131 Å². The van der Waals surface area contributed by atoms with Crippen molar-refractivity contribution in [1.29, 1.82) is 0 Å². The number of hydrogen-bond donors (Lipinski definition) is 6. The number of phosphoric ester groups is 1. The fraction of sp³-hybridized carbons (Fsp3) is 0.907. The lowest BCUT2D eigenvalue weighted by atomic mass is 9.95. The summed E-state index contributed by atoms with van der Waals surface area (Å²) in [5.74, 6) is -5.65. The number of hydrogen-bond acceptors (Lipinski definition) is 17. The van der Waals surface area contributed by atoms with Gasteiger partial charge < -0.3 is 64.0 Å². The van der Waals surface area contributed by atoms with E-state index in [0.717, 1.165) is 148 Å². The Morgan fingerprint density at radius 2 is 0.786 bits per heavy atom. The number of carbonyl (C=O) groups is 7. The van der Waals surface area contributed by atoms with Gasteiger partial charge >= 0.3 is 37.7 Å². The lowest BCUT2D eigenvalue weighted by Crippen LogP contribution is -2.66. The Morgan fingerprint density at radius 3 is 1.11 bits per heavy atom. The number of unbranched alkanes of at least 4 members (excludes halogenated alkanes) is 30. The van der Waals surface area contributed by atoms with Gasteiger partial charge in [-0.2, -0.15) is 0 Å². The molecule has 1 heterocycles. The number of carboxylic acid groups (broad SMARTS) is 1. The molecule has 0 aliphatic carbocycles. The van der Waals surface area contributed by atoms with E-state index in [2.05, 4.69) is 57.1 Å². The summed E-state index contributed by atoms with van der Waals surface area (Å²) < 4.78 is 54.0. The molecule has 9 atom stereocenters. The van der Waals surface area contributed by atoms with Crippen LogP contribution in [-0.2, 0) is 71.1 Å². The molecule has 0 bridgehead atoms. The van der Waals surface area contributed by atoms with Crippen LogP contribution in [0.15, 0.2) is 0 Å². The number of phosphoric acid groups is 1. The minimum Gasteiger partial charge on any atom is -0.480 e. The number of amides is 2. The number of aliphatic carboxylic acids is 1. The number of ether oxygens (including phenoxy) is 6. The van der Waals surface area contributed by atoms with Crippen molar-refractivity contribution in [3.63, 3.8) is 0 Å². The van der Waals surface area contributed by atoms with Crippen molar-refractivity contribution in [1.82, 2.24) is 15.5 Å². The van der Waals surface area contributed by atoms with Crippen LogP contribution < -0.4 is 10.6 Å². The lowest BCUT2D eigenvalue weighted by Gasteiger charge is -2.45. The first-order valence-corrected chi connectivity index (χ1v) is 40.7. The highest BCUT2D eigenvalue weighted by molar-refractivity contribution is 7.46. The predicted molar refractivity (Wildman–Crippen MR) is 385 cm³/mol. The third kappa shape index (κ3) is 51.4. The van der Waals surface area contributed by atoms with Gasteiger partial charge in [0.1, 0.15) is 36.6 Å². The molecule has 0 aromatic carbocycles. The molecule has 1 aliphatic heterocycles. The van der Waals surface area contributed by atoms with Crippen LogP contribution in [0.5, 0.6) is 0 Å². The van der Waals surface area contributed by atoms with E-state index in [0.29, 0.717) is 51.4 Å². The van der Waals surface area contributed by atoms with E-state index in [-0.39, 0.29) is 32.1 Å². The standard InChI is InChI=1S/C69H127N2O19P.C6H15N/c1-7-13-19-22-25-28-31-34-40-43-54(85-61(75)46-37-16-10-4)49-59(73)70-57(68(79)80)53-84-69-65(71-60(74)50-55(86-62(76)47-38-17-11-5)44-41-35-32-29-26-23-20-14-8-2)67(66(58(52-72)88-69)90-91(81,82)83)89-64(78)51-56(87-63(77)48-39-18-12-6)45-42-36-33-30-27-24-21-15-9-3;1-4-7(5-2)6-3/h54-58,65-67,69,72H,7-53H2,1-6H3,(H,70,73)(H,71,74)(H,79,80)(H2,81,82,83);4-6H2,1-3H3/t54-,55-,56-,57+,58-,65-,66-,67-,69+;/m1./s1. The zero-order valence-electron chi connectivity index (χ0n) is 62.9. The molecule has 0 saturated carbocycles. The fourth-order valence-corrected chi connectivity index (χ4v) is 12.6. The van der Waals surface area contributed by atoms with Crippen LogP contribution >= 0.6 is 7.82 Å². The van der Waals surface area contributed by atoms with Crippen LogP contribution in [0.1, 0.15) is 351 Å². The van der Waals surface area contributed by atoms with Crippen molar-refractivity contribution in [3.8, 4) is 0 Å². The van der Waals surface area contributed by atoms with E-state index in [1.807, 2.05) is 20.8 Å². The van der Waals surface area contributed by atoms with Crippen LogP contribution in [0.2, 0.25) is 0 Å². The number of aliphatic hydroxyl groups is 1. The smallest absolute Gasteiger partial charge is 0.470 e. The molecule has 1 aliphatic rings. The van der Waals surface area contributed by atoms with E-state index in [4.69, 9.17) is 32.9 Å². The summed E-state index contributed by atoms with van der Waals surface area (Å²) in [6, 6.07) is -3.59. The third-order valence-corrected chi connectivity index (χ3v) is 18.6. The average Bonchev–Trinajstić information content (AvgIpc) is 0.781. The second kappa shape index (κ2) is 63.0. The van der Waals surface area contributed by atoms with Gasteiger partial charge in [0.25, 0.3) is 0 Å². The van der Waals surface area contributed by atoms with Crippen LogP contribution in [0.3, 0.4) is 0 Å². The monoisotopic (exact) mass is 1420 g/mol. The number of carboxylic acids is 1. The summed E-state index contributed by atoms with van der Waals surface area (Å²) in [4.78, 5) is 118. The zero-order chi connectivity index (χ0) is 73.0. The second-order valence-corrected chi connectivity index (χ2v) is 28.1. The van der Waals surface area contributed by atoms with Gasteiger partial charge in [0.2, 0.25) is 11.8 Å². The van der Waals surface area contributed by atoms with Gasteiger partial charge in [-0.3, -0.25) is 33.3 Å². The number of aliphatic hydroxyl groups excluding tert-OH is 1. The fourth-order valence-electron chi connectivity index (χ4n) is 12.1. The Morgan fingerprint density at radius 1 is 0.449 bits per heavy atom. The van der Waals surface area contributed by atoms with Crippen LogP contribution in [-0.4, -0.2) is 154 Å². The molecule has 1 rings (SSSR count). The number of carbonyl (C=O) groups excluding carboxylic acids is 6. The van der Waals surface area contributed by atoms with Crippen LogP contribution in [0, 0.1) is 0 Å². The average molecular weight is 1420 g/mol. The maximum Gasteiger partial charge on any atom is 0.470 e. The SMILES string of the molecule is CCCCCCCCCCC[C@H](CC(=O)N[C@H]1[C@@H](OC[C@H](NC(=O)C[C@@H](CCCCCCCCCCC)OC(=O)CCCCC)C(=O)O)O[C@H](CO)[C@@H](OP(=O)(O)O)[C@@H]1OC(=O)C[C@@H](CCCCCCCCCCC)OC(=O)CCCCC)OC(=O)CCCCC.CCN(CC)CC. The molecule has 23 heteroatoms. The Labute approximate surface area is 592 Å². The molecule has 576 valence electrons. The molecule has 0 aromatic rings. The molecule has 0 radical (unpaired) electrons. The number of nitrogens with zero attached hydrogens (tertiary/aromatic N) is 1. The minimum atomic E-state index is -5.54. The first kappa shape index (κ1) is 94.2. The highest BCUT2D eigenvalue weighted by atomic mass is 31.2. The third-order valence-electron chi connectivity index (χ3n) is 18.0. The minimum absolute atomic E-state index is 0.110. The largest absolute Gasteiger partial charge is 0.480 e. The Kier molecular flexibility index (Phi) is 60.6. The molecule has 1 fully saturated rings. The molecule has 2 amide bonds. The summed E-state index contributed by atoms with van der Waals surface area (Å²) >= 11 is 0. The van der Waals surface area contributed by atoms with E-state index in [1.54, 1.807) is 0 Å². The summed E-state index contributed by atoms with van der Waals surface area (Å²) in [6.45, 7) is 20.7. The highest BCUT2D eigenvalue weighted by Gasteiger charge is 2.52. The molecular formula is C75H142N3O19P. The van der Waals surface area contributed by atoms with Gasteiger partial charge in [-0.1, -0.05) is 255 Å². The molecule has 1 saturated heterocycles. The first-order chi connectivity index (χ1) is 47.2. The number of esters is 4. The Bertz CT molecular complexity index is 2060. The summed E-state index contributed by atoms with van der Waals surface area (Å²) in [5.41, 5.74) is 0. The van der Waals surface area contributed by atoms with Crippen molar-refractivity contribution < 1.29 is 91.1 Å². The maximum atomic E-state index is 14.6. The van der Waals surface area contributed by atoms with Crippen LogP contribution in [0.25, 0.3) is 0 Å². The normalized spacial score (nSPS) is 17.4. The highest BCUT2D eigenvalue weighted by Crippen LogP contribution is 2.42. The first-order valence-electron chi connectivity index (χ1n) is 39.1. The maximum absolute atomic E-state index is 14.6. The van der Waals surface area contributed by atoms with E-state index >= 15 is 0 Å². The molecular weight excluding hydrogens is 1280 g/mol. The Balaban J connectivity index is 0.0000127. The van der Waals surface area contributed by atoms with Crippen molar-refractivity contribution in [2.75, 3.05) is 32.8 Å². The van der Waals surface area contributed by atoms with Gasteiger partial charge in [-0.25, -0.2) is 9.36 Å². The lowest BCUT2D eigenvalue weighted by molar-refractivity contribution is -0.272. The number of rotatable bonds is 64. The molecule has 6 N–H and O–H groups in total. The second-order valence-electron chi connectivity index (χ2n) is 26.9. The molecule has 22 nitrogen and oxygen atoms in total. The van der Waals surface area contributed by atoms with Crippen molar-refractivity contribution in [2.45, 2.75) is 406 Å².